The Labute approximate surface area is 130 Å². The van der Waals surface area contributed by atoms with Crippen molar-refractivity contribution in [2.24, 2.45) is 5.92 Å². The molecule has 1 saturated heterocycles. The van der Waals surface area contributed by atoms with Gasteiger partial charge in [0.1, 0.15) is 6.04 Å². The van der Waals surface area contributed by atoms with Gasteiger partial charge in [-0.3, -0.25) is 4.79 Å². The highest BCUT2D eigenvalue weighted by molar-refractivity contribution is 5.92. The Balaban J connectivity index is 2.14. The van der Waals surface area contributed by atoms with Gasteiger partial charge in [0.15, 0.2) is 6.10 Å². The van der Waals surface area contributed by atoms with Crippen LogP contribution in [0.2, 0.25) is 0 Å². The van der Waals surface area contributed by atoms with E-state index in [-0.39, 0.29) is 18.3 Å². The maximum absolute atomic E-state index is 12.4. The number of nitrogen functional groups attached to an aromatic ring is 2. The van der Waals surface area contributed by atoms with Crippen LogP contribution in [-0.4, -0.2) is 36.0 Å². The van der Waals surface area contributed by atoms with Crippen molar-refractivity contribution in [1.82, 2.24) is 4.90 Å². The monoisotopic (exact) mass is 305 g/mol. The molecule has 0 saturated carbocycles. The lowest BCUT2D eigenvalue weighted by atomic mass is 9.98. The van der Waals surface area contributed by atoms with Crippen molar-refractivity contribution in [2.75, 3.05) is 18.5 Å². The lowest BCUT2D eigenvalue weighted by Gasteiger charge is -2.36. The number of likely N-dealkylation sites (N-methyl/N-ethyl adjacent to an activating group) is 1. The Morgan fingerprint density at radius 3 is 2.55 bits per heavy atom. The third-order valence-electron chi connectivity index (χ3n) is 3.89. The number of hydrogen-bond acceptors (Lipinski definition) is 5. The molecule has 6 heteroatoms. The highest BCUT2D eigenvalue weighted by Gasteiger charge is 2.40. The number of carbonyl (C=O) groups excluding carboxylic acids is 2. The van der Waals surface area contributed by atoms with E-state index in [2.05, 4.69) is 0 Å². The third-order valence-corrected chi connectivity index (χ3v) is 3.89. The summed E-state index contributed by atoms with van der Waals surface area (Å²) >= 11 is 0. The number of esters is 1. The zero-order chi connectivity index (χ0) is 16.4. The summed E-state index contributed by atoms with van der Waals surface area (Å²) in [6, 6.07) is 4.60. The van der Waals surface area contributed by atoms with Gasteiger partial charge < -0.3 is 21.1 Å². The molecule has 0 aliphatic carbocycles. The van der Waals surface area contributed by atoms with E-state index in [1.807, 2.05) is 13.8 Å². The van der Waals surface area contributed by atoms with Crippen LogP contribution in [0.15, 0.2) is 18.2 Å². The summed E-state index contributed by atoms with van der Waals surface area (Å²) < 4.78 is 5.35. The predicted octanol–water partition coefficient (Wildman–Crippen LogP) is 1.19. The predicted molar refractivity (Wildman–Crippen MR) is 84.9 cm³/mol. The molecule has 0 aromatic heterocycles. The summed E-state index contributed by atoms with van der Waals surface area (Å²) in [6.45, 7) is 4.01. The van der Waals surface area contributed by atoms with Gasteiger partial charge in [-0.25, -0.2) is 4.79 Å². The number of morpholine rings is 1. The van der Waals surface area contributed by atoms with Gasteiger partial charge in [-0.1, -0.05) is 19.9 Å². The molecular formula is C16H23N3O3. The van der Waals surface area contributed by atoms with E-state index >= 15 is 0 Å². The van der Waals surface area contributed by atoms with E-state index in [1.54, 1.807) is 25.2 Å². The normalized spacial score (nSPS) is 22.1. The van der Waals surface area contributed by atoms with E-state index in [9.17, 15) is 9.59 Å². The summed E-state index contributed by atoms with van der Waals surface area (Å²) in [5.74, 6) is -0.242. The van der Waals surface area contributed by atoms with Gasteiger partial charge >= 0.3 is 5.97 Å². The van der Waals surface area contributed by atoms with Crippen molar-refractivity contribution in [3.05, 3.63) is 23.8 Å². The van der Waals surface area contributed by atoms with Crippen LogP contribution < -0.4 is 11.5 Å². The molecule has 1 amide bonds. The standard InChI is InChI=1S/C16H23N3O3/c1-9(2)6-13-16(21)22-14(15(20)19(13)3)7-10-4-5-11(17)8-12(10)18/h4-5,8-9,13-14H,6-7,17-18H2,1-3H3. The molecule has 4 N–H and O–H groups in total. The zero-order valence-electron chi connectivity index (χ0n) is 13.2. The maximum Gasteiger partial charge on any atom is 0.329 e. The second kappa shape index (κ2) is 6.25. The maximum atomic E-state index is 12.4. The highest BCUT2D eigenvalue weighted by atomic mass is 16.6. The molecule has 1 aromatic carbocycles. The Morgan fingerprint density at radius 2 is 1.95 bits per heavy atom. The molecule has 1 heterocycles. The number of hydrogen-bond donors (Lipinski definition) is 2. The van der Waals surface area contributed by atoms with Crippen LogP contribution >= 0.6 is 0 Å². The van der Waals surface area contributed by atoms with E-state index in [4.69, 9.17) is 16.2 Å². The van der Waals surface area contributed by atoms with Gasteiger partial charge in [-0.05, 0) is 30.0 Å². The number of amides is 1. The van der Waals surface area contributed by atoms with Gasteiger partial charge in [0.05, 0.1) is 0 Å². The molecule has 0 radical (unpaired) electrons. The number of rotatable bonds is 4. The van der Waals surface area contributed by atoms with Gasteiger partial charge in [0.25, 0.3) is 5.91 Å². The number of nitrogens with zero attached hydrogens (tertiary/aromatic N) is 1. The molecular weight excluding hydrogens is 282 g/mol. The number of cyclic esters (lactones) is 1. The molecule has 0 bridgehead atoms. The molecule has 1 aliphatic rings. The summed E-state index contributed by atoms with van der Waals surface area (Å²) in [5.41, 5.74) is 13.4. The second-order valence-electron chi connectivity index (χ2n) is 6.18. The van der Waals surface area contributed by atoms with Crippen molar-refractivity contribution in [3.63, 3.8) is 0 Å². The summed E-state index contributed by atoms with van der Waals surface area (Å²) in [5, 5.41) is 0. The average molecular weight is 305 g/mol. The summed E-state index contributed by atoms with van der Waals surface area (Å²) in [4.78, 5) is 26.1. The lowest BCUT2D eigenvalue weighted by Crippen LogP contribution is -2.55. The minimum atomic E-state index is -0.827. The molecule has 2 rings (SSSR count). The van der Waals surface area contributed by atoms with Gasteiger partial charge in [-0.2, -0.15) is 0 Å². The van der Waals surface area contributed by atoms with Gasteiger partial charge in [0, 0.05) is 24.8 Å². The zero-order valence-corrected chi connectivity index (χ0v) is 13.2. The van der Waals surface area contributed by atoms with Crippen LogP contribution in [0, 0.1) is 5.92 Å². The quantitative estimate of drug-likeness (QED) is 0.643. The van der Waals surface area contributed by atoms with E-state index in [0.29, 0.717) is 23.7 Å². The molecule has 22 heavy (non-hydrogen) atoms. The average Bonchev–Trinajstić information content (AvgIpc) is 2.43. The van der Waals surface area contributed by atoms with E-state index < -0.39 is 12.1 Å². The molecule has 120 valence electrons. The van der Waals surface area contributed by atoms with Crippen molar-refractivity contribution in [3.8, 4) is 0 Å². The number of anilines is 2. The molecule has 6 nitrogen and oxygen atoms in total. The van der Waals surface area contributed by atoms with Crippen LogP contribution in [0.4, 0.5) is 11.4 Å². The smallest absolute Gasteiger partial charge is 0.329 e. The SMILES string of the molecule is CC(C)CC1C(=O)OC(Cc2ccc(N)cc2N)C(=O)N1C. The molecule has 2 atom stereocenters. The molecule has 1 aromatic rings. The van der Waals surface area contributed by atoms with Gasteiger partial charge in [0.2, 0.25) is 0 Å². The fraction of sp³-hybridized carbons (Fsp3) is 0.500. The summed E-state index contributed by atoms with van der Waals surface area (Å²) in [7, 11) is 1.65. The van der Waals surface area contributed by atoms with Crippen molar-refractivity contribution in [2.45, 2.75) is 38.8 Å². The number of ether oxygens (including phenoxy) is 1. The largest absolute Gasteiger partial charge is 0.450 e. The van der Waals surface area contributed by atoms with E-state index in [0.717, 1.165) is 5.56 Å². The fourth-order valence-electron chi connectivity index (χ4n) is 2.64. The van der Waals surface area contributed by atoms with Crippen molar-refractivity contribution >= 4 is 23.3 Å². The number of nitrogens with two attached hydrogens (primary N) is 2. The molecule has 1 fully saturated rings. The van der Waals surface area contributed by atoms with Gasteiger partial charge in [-0.15, -0.1) is 0 Å². The number of carbonyl (C=O) groups is 2. The molecule has 2 unspecified atom stereocenters. The minimum Gasteiger partial charge on any atom is -0.450 e. The first-order valence-corrected chi connectivity index (χ1v) is 7.40. The third kappa shape index (κ3) is 3.32. The first kappa shape index (κ1) is 16.1. The Bertz CT molecular complexity index is 586. The molecule has 0 spiro atoms. The lowest BCUT2D eigenvalue weighted by molar-refractivity contribution is -0.177. The van der Waals surface area contributed by atoms with Crippen LogP contribution in [0.25, 0.3) is 0 Å². The Kier molecular flexibility index (Phi) is 4.59. The van der Waals surface area contributed by atoms with Crippen LogP contribution in [-0.2, 0) is 20.7 Å². The molecule has 1 aliphatic heterocycles. The first-order valence-electron chi connectivity index (χ1n) is 7.40. The van der Waals surface area contributed by atoms with Crippen LogP contribution in [0.1, 0.15) is 25.8 Å². The first-order chi connectivity index (χ1) is 10.3. The van der Waals surface area contributed by atoms with Crippen molar-refractivity contribution in [1.29, 1.82) is 0 Å². The van der Waals surface area contributed by atoms with E-state index in [1.165, 1.54) is 4.90 Å². The van der Waals surface area contributed by atoms with Crippen LogP contribution in [0.3, 0.4) is 0 Å². The fourth-order valence-corrected chi connectivity index (χ4v) is 2.64. The summed E-state index contributed by atoms with van der Waals surface area (Å²) in [6.07, 6.45) is 0.0274. The Hall–Kier alpha value is -2.24. The second-order valence-corrected chi connectivity index (χ2v) is 6.18. The number of benzene rings is 1. The topological polar surface area (TPSA) is 98.6 Å². The highest BCUT2D eigenvalue weighted by Crippen LogP contribution is 2.24. The van der Waals surface area contributed by atoms with Crippen molar-refractivity contribution < 1.29 is 14.3 Å². The minimum absolute atomic E-state index is 0.193. The van der Waals surface area contributed by atoms with Crippen LogP contribution in [0.5, 0.6) is 0 Å². The Morgan fingerprint density at radius 1 is 1.27 bits per heavy atom.